The zero-order valence-electron chi connectivity index (χ0n) is 12.4. The van der Waals surface area contributed by atoms with Gasteiger partial charge in [-0.15, -0.1) is 0 Å². The molecule has 5 nitrogen and oxygen atoms in total. The van der Waals surface area contributed by atoms with Crippen molar-refractivity contribution in [2.45, 2.75) is 52.0 Å². The highest BCUT2D eigenvalue weighted by Gasteiger charge is 2.21. The van der Waals surface area contributed by atoms with Gasteiger partial charge < -0.3 is 10.2 Å². The highest BCUT2D eigenvalue weighted by Crippen LogP contribution is 2.18. The van der Waals surface area contributed by atoms with Crippen LogP contribution in [0.1, 0.15) is 45.2 Å². The lowest BCUT2D eigenvalue weighted by Crippen LogP contribution is -2.44. The number of anilines is 1. The predicted octanol–water partition coefficient (Wildman–Crippen LogP) is 1.92. The number of nitrogens with one attached hydrogen (secondary N) is 1. The van der Waals surface area contributed by atoms with E-state index in [9.17, 15) is 4.79 Å². The summed E-state index contributed by atoms with van der Waals surface area (Å²) in [7, 11) is 0. The van der Waals surface area contributed by atoms with E-state index >= 15 is 0 Å². The second-order valence-corrected chi connectivity index (χ2v) is 5.30. The quantitative estimate of drug-likeness (QED) is 0.892. The lowest BCUT2D eigenvalue weighted by Gasteiger charge is -2.33. The van der Waals surface area contributed by atoms with Gasteiger partial charge in [-0.2, -0.15) is 0 Å². The molecule has 0 atom stereocenters. The summed E-state index contributed by atoms with van der Waals surface area (Å²) < 4.78 is 0. The Morgan fingerprint density at radius 2 is 2.10 bits per heavy atom. The fraction of sp³-hybridized carbons (Fsp3) is 0.667. The van der Waals surface area contributed by atoms with Crippen LogP contribution in [0.5, 0.6) is 0 Å². The van der Waals surface area contributed by atoms with E-state index in [1.54, 1.807) is 6.33 Å². The van der Waals surface area contributed by atoms with Crippen molar-refractivity contribution in [2.24, 2.45) is 0 Å². The fourth-order valence-electron chi connectivity index (χ4n) is 2.53. The molecule has 1 aliphatic rings. The van der Waals surface area contributed by atoms with Crippen molar-refractivity contribution >= 4 is 11.7 Å². The lowest BCUT2D eigenvalue weighted by atomic mass is 10.0. The van der Waals surface area contributed by atoms with Crippen LogP contribution in [-0.4, -0.2) is 35.0 Å². The number of carbonyl (C=O) groups is 1. The Morgan fingerprint density at radius 3 is 2.75 bits per heavy atom. The molecule has 0 radical (unpaired) electrons. The zero-order valence-corrected chi connectivity index (χ0v) is 12.4. The summed E-state index contributed by atoms with van der Waals surface area (Å²) in [6.45, 7) is 6.01. The summed E-state index contributed by atoms with van der Waals surface area (Å²) in [5, 5.41) is 3.12. The summed E-state index contributed by atoms with van der Waals surface area (Å²) in [6, 6.07) is 2.38. The van der Waals surface area contributed by atoms with E-state index in [1.165, 1.54) is 0 Å². The molecule has 1 aliphatic heterocycles. The smallest absolute Gasteiger partial charge is 0.220 e. The van der Waals surface area contributed by atoms with E-state index in [0.717, 1.165) is 50.3 Å². The highest BCUT2D eigenvalue weighted by atomic mass is 16.1. The van der Waals surface area contributed by atoms with Gasteiger partial charge >= 0.3 is 0 Å². The third-order valence-corrected chi connectivity index (χ3v) is 3.73. The van der Waals surface area contributed by atoms with E-state index < -0.39 is 0 Å². The molecule has 0 spiro atoms. The van der Waals surface area contributed by atoms with Gasteiger partial charge in [0.2, 0.25) is 5.91 Å². The molecule has 0 bridgehead atoms. The van der Waals surface area contributed by atoms with Crippen molar-refractivity contribution in [1.82, 2.24) is 15.3 Å². The van der Waals surface area contributed by atoms with Gasteiger partial charge in [0.05, 0.1) is 0 Å². The molecule has 110 valence electrons. The van der Waals surface area contributed by atoms with Gasteiger partial charge in [-0.3, -0.25) is 4.79 Å². The zero-order chi connectivity index (χ0) is 14.4. The Balaban J connectivity index is 1.86. The van der Waals surface area contributed by atoms with Gasteiger partial charge in [0.25, 0.3) is 0 Å². The maximum atomic E-state index is 11.6. The van der Waals surface area contributed by atoms with Crippen LogP contribution in [0.15, 0.2) is 12.4 Å². The maximum absolute atomic E-state index is 11.6. The molecule has 0 saturated carbocycles. The second-order valence-electron chi connectivity index (χ2n) is 5.30. The monoisotopic (exact) mass is 276 g/mol. The van der Waals surface area contributed by atoms with E-state index in [1.807, 2.05) is 6.92 Å². The number of hydrogen-bond acceptors (Lipinski definition) is 4. The minimum Gasteiger partial charge on any atom is -0.356 e. The van der Waals surface area contributed by atoms with Gasteiger partial charge in [-0.25, -0.2) is 9.97 Å². The Kier molecular flexibility index (Phi) is 5.32. The third-order valence-electron chi connectivity index (χ3n) is 3.73. The summed E-state index contributed by atoms with van der Waals surface area (Å²) in [6.07, 6.45) is 6.08. The van der Waals surface area contributed by atoms with Gasteiger partial charge in [0.1, 0.15) is 12.1 Å². The van der Waals surface area contributed by atoms with Gasteiger partial charge in [0.15, 0.2) is 0 Å². The first kappa shape index (κ1) is 14.8. The van der Waals surface area contributed by atoms with Crippen molar-refractivity contribution in [1.29, 1.82) is 0 Å². The standard InChI is InChI=1S/C15H24N4O/c1-3-5-15(20)18-13-6-8-19(9-7-13)14-10-12(4-2)16-11-17-14/h10-11,13H,3-9H2,1-2H3,(H,18,20). The maximum Gasteiger partial charge on any atom is 0.220 e. The van der Waals surface area contributed by atoms with Gasteiger partial charge in [-0.05, 0) is 25.7 Å². The molecule has 1 N–H and O–H groups in total. The van der Waals surface area contributed by atoms with Crippen LogP contribution >= 0.6 is 0 Å². The molecule has 0 aliphatic carbocycles. The molecule has 1 saturated heterocycles. The fourth-order valence-corrected chi connectivity index (χ4v) is 2.53. The van der Waals surface area contributed by atoms with Crippen LogP contribution in [0.25, 0.3) is 0 Å². The molecule has 2 rings (SSSR count). The highest BCUT2D eigenvalue weighted by molar-refractivity contribution is 5.76. The number of aromatic nitrogens is 2. The number of nitrogens with zero attached hydrogens (tertiary/aromatic N) is 3. The second kappa shape index (κ2) is 7.22. The Labute approximate surface area is 120 Å². The van der Waals surface area contributed by atoms with Gasteiger partial charge in [-0.1, -0.05) is 13.8 Å². The number of amides is 1. The van der Waals surface area contributed by atoms with E-state index in [2.05, 4.69) is 33.2 Å². The average Bonchev–Trinajstić information content (AvgIpc) is 2.48. The molecule has 0 aromatic carbocycles. The molecule has 20 heavy (non-hydrogen) atoms. The minimum atomic E-state index is 0.182. The third kappa shape index (κ3) is 3.92. The normalized spacial score (nSPS) is 16.2. The van der Waals surface area contributed by atoms with Crippen LogP contribution in [0, 0.1) is 0 Å². The first-order valence-corrected chi connectivity index (χ1v) is 7.58. The topological polar surface area (TPSA) is 58.1 Å². The van der Waals surface area contributed by atoms with Crippen LogP contribution in [0.3, 0.4) is 0 Å². The van der Waals surface area contributed by atoms with Crippen molar-refractivity contribution in [3.63, 3.8) is 0 Å². The van der Waals surface area contributed by atoms with Crippen LogP contribution in [0.4, 0.5) is 5.82 Å². The largest absolute Gasteiger partial charge is 0.356 e. The van der Waals surface area contributed by atoms with Gasteiger partial charge in [0, 0.05) is 37.3 Å². The molecular weight excluding hydrogens is 252 g/mol. The molecule has 1 amide bonds. The van der Waals surface area contributed by atoms with Crippen LogP contribution in [-0.2, 0) is 11.2 Å². The number of hydrogen-bond donors (Lipinski definition) is 1. The summed E-state index contributed by atoms with van der Waals surface area (Å²) in [5.41, 5.74) is 1.08. The lowest BCUT2D eigenvalue weighted by molar-refractivity contribution is -0.121. The molecular formula is C15H24N4O. The Morgan fingerprint density at radius 1 is 1.35 bits per heavy atom. The summed E-state index contributed by atoms with van der Waals surface area (Å²) in [4.78, 5) is 22.5. The van der Waals surface area contributed by atoms with E-state index in [-0.39, 0.29) is 5.91 Å². The number of piperidine rings is 1. The van der Waals surface area contributed by atoms with Crippen molar-refractivity contribution in [3.8, 4) is 0 Å². The number of carbonyl (C=O) groups excluding carboxylic acids is 1. The molecule has 1 aromatic heterocycles. The SMILES string of the molecule is CCCC(=O)NC1CCN(c2cc(CC)ncn2)CC1. The molecule has 0 unspecified atom stereocenters. The number of rotatable bonds is 5. The predicted molar refractivity (Wildman–Crippen MR) is 79.7 cm³/mol. The van der Waals surface area contributed by atoms with Crippen molar-refractivity contribution in [2.75, 3.05) is 18.0 Å². The average molecular weight is 276 g/mol. The molecule has 5 heteroatoms. The Hall–Kier alpha value is -1.65. The van der Waals surface area contributed by atoms with Crippen molar-refractivity contribution < 1.29 is 4.79 Å². The summed E-state index contributed by atoms with van der Waals surface area (Å²) >= 11 is 0. The molecule has 2 heterocycles. The molecule has 1 fully saturated rings. The first-order chi connectivity index (χ1) is 9.72. The van der Waals surface area contributed by atoms with E-state index in [0.29, 0.717) is 12.5 Å². The number of aryl methyl sites for hydroxylation is 1. The minimum absolute atomic E-state index is 0.182. The van der Waals surface area contributed by atoms with Crippen LogP contribution < -0.4 is 10.2 Å². The Bertz CT molecular complexity index is 441. The van der Waals surface area contributed by atoms with Crippen LogP contribution in [0.2, 0.25) is 0 Å². The summed E-state index contributed by atoms with van der Waals surface area (Å²) in [5.74, 6) is 1.19. The van der Waals surface area contributed by atoms with E-state index in [4.69, 9.17) is 0 Å². The van der Waals surface area contributed by atoms with Crippen molar-refractivity contribution in [3.05, 3.63) is 18.1 Å². The molecule has 1 aromatic rings. The first-order valence-electron chi connectivity index (χ1n) is 7.58.